The Morgan fingerprint density at radius 1 is 0.333 bits per heavy atom. The van der Waals surface area contributed by atoms with Gasteiger partial charge < -0.3 is 4.90 Å². The zero-order valence-electron chi connectivity index (χ0n) is 25.7. The number of hydrogen-bond donors (Lipinski definition) is 0. The second-order valence-electron chi connectivity index (χ2n) is 11.7. The Morgan fingerprint density at radius 2 is 0.689 bits per heavy atom. The summed E-state index contributed by atoms with van der Waals surface area (Å²) in [6, 6.07) is 54.6. The molecule has 0 aliphatic heterocycles. The van der Waals surface area contributed by atoms with Crippen LogP contribution in [0.2, 0.25) is 0 Å². The van der Waals surface area contributed by atoms with E-state index in [1.54, 1.807) is 0 Å². The van der Waals surface area contributed by atoms with Crippen molar-refractivity contribution in [3.8, 4) is 0 Å². The molecular formula is C44H35N. The van der Waals surface area contributed by atoms with Gasteiger partial charge in [0.2, 0.25) is 0 Å². The molecule has 0 heterocycles. The molecule has 7 rings (SSSR count). The first-order valence-electron chi connectivity index (χ1n) is 15.5. The molecule has 0 aliphatic carbocycles. The third kappa shape index (κ3) is 6.49. The zero-order chi connectivity index (χ0) is 30.6. The van der Waals surface area contributed by atoms with Gasteiger partial charge in [0, 0.05) is 17.1 Å². The van der Waals surface area contributed by atoms with Gasteiger partial charge in [-0.15, -0.1) is 0 Å². The fourth-order valence-electron chi connectivity index (χ4n) is 5.85. The van der Waals surface area contributed by atoms with E-state index in [4.69, 9.17) is 0 Å². The van der Waals surface area contributed by atoms with E-state index in [2.05, 4.69) is 195 Å². The molecular weight excluding hydrogens is 542 g/mol. The summed E-state index contributed by atoms with van der Waals surface area (Å²) in [5.41, 5.74) is 10.7. The molecule has 0 spiro atoms. The number of benzene rings is 7. The van der Waals surface area contributed by atoms with Gasteiger partial charge in [0.05, 0.1) is 0 Å². The third-order valence-electron chi connectivity index (χ3n) is 8.29. The Bertz CT molecular complexity index is 2010. The van der Waals surface area contributed by atoms with Crippen LogP contribution in [0.5, 0.6) is 0 Å². The van der Waals surface area contributed by atoms with Gasteiger partial charge in [0.15, 0.2) is 0 Å². The van der Waals surface area contributed by atoms with E-state index >= 15 is 0 Å². The van der Waals surface area contributed by atoms with Crippen LogP contribution < -0.4 is 4.90 Å². The zero-order valence-corrected chi connectivity index (χ0v) is 25.7. The summed E-state index contributed by atoms with van der Waals surface area (Å²) >= 11 is 0. The second kappa shape index (κ2) is 12.5. The van der Waals surface area contributed by atoms with Crippen LogP contribution in [0.25, 0.3) is 45.8 Å². The first-order valence-corrected chi connectivity index (χ1v) is 15.5. The molecule has 0 fully saturated rings. The Morgan fingerprint density at radius 3 is 1.16 bits per heavy atom. The molecule has 0 unspecified atom stereocenters. The number of aryl methyl sites for hydroxylation is 2. The number of hydrogen-bond acceptors (Lipinski definition) is 1. The first kappa shape index (κ1) is 28.1. The van der Waals surface area contributed by atoms with Crippen molar-refractivity contribution in [2.24, 2.45) is 0 Å². The average Bonchev–Trinajstić information content (AvgIpc) is 3.08. The Balaban J connectivity index is 1.11. The van der Waals surface area contributed by atoms with Crippen LogP contribution in [-0.4, -0.2) is 0 Å². The third-order valence-corrected chi connectivity index (χ3v) is 8.29. The van der Waals surface area contributed by atoms with Gasteiger partial charge in [-0.1, -0.05) is 139 Å². The lowest BCUT2D eigenvalue weighted by Gasteiger charge is -2.25. The van der Waals surface area contributed by atoms with Gasteiger partial charge >= 0.3 is 0 Å². The molecule has 0 atom stereocenters. The number of anilines is 3. The van der Waals surface area contributed by atoms with Crippen LogP contribution in [0.4, 0.5) is 17.1 Å². The topological polar surface area (TPSA) is 3.24 Å². The van der Waals surface area contributed by atoms with E-state index in [1.807, 2.05) is 0 Å². The summed E-state index contributed by atoms with van der Waals surface area (Å²) in [6.45, 7) is 4.27. The van der Waals surface area contributed by atoms with Crippen LogP contribution >= 0.6 is 0 Å². The molecule has 0 amide bonds. The molecule has 7 aromatic rings. The molecule has 45 heavy (non-hydrogen) atoms. The van der Waals surface area contributed by atoms with Gasteiger partial charge in [0.1, 0.15) is 0 Å². The van der Waals surface area contributed by atoms with Crippen LogP contribution in [0, 0.1) is 13.8 Å². The monoisotopic (exact) mass is 577 g/mol. The maximum atomic E-state index is 2.30. The quantitative estimate of drug-likeness (QED) is 0.170. The van der Waals surface area contributed by atoms with E-state index in [1.165, 1.54) is 54.9 Å². The fraction of sp³-hybridized carbons (Fsp3) is 0.0455. The van der Waals surface area contributed by atoms with Gasteiger partial charge in [-0.05, 0) is 106 Å². The van der Waals surface area contributed by atoms with Crippen molar-refractivity contribution in [3.63, 3.8) is 0 Å². The van der Waals surface area contributed by atoms with Gasteiger partial charge in [0.25, 0.3) is 0 Å². The van der Waals surface area contributed by atoms with E-state index in [0.717, 1.165) is 17.1 Å². The molecule has 7 aromatic carbocycles. The summed E-state index contributed by atoms with van der Waals surface area (Å²) in [5.74, 6) is 0. The summed E-state index contributed by atoms with van der Waals surface area (Å²) < 4.78 is 0. The standard InChI is InChI=1S/C44H35N/c1-32-8-20-40-30-36(14-22-38(40)28-32)12-10-34-16-24-43(25-17-34)45(42-6-4-3-5-7-42)44-26-18-35(19-27-44)11-13-37-15-23-39-29-33(2)9-21-41(39)31-37/h3-31H,1-2H3/b12-10+,13-11+. The van der Waals surface area contributed by atoms with Crippen LogP contribution in [0.1, 0.15) is 33.4 Å². The van der Waals surface area contributed by atoms with Crippen LogP contribution in [0.3, 0.4) is 0 Å². The highest BCUT2D eigenvalue weighted by atomic mass is 15.1. The maximum Gasteiger partial charge on any atom is 0.0462 e. The largest absolute Gasteiger partial charge is 0.311 e. The van der Waals surface area contributed by atoms with Crippen molar-refractivity contribution in [1.82, 2.24) is 0 Å². The molecule has 1 nitrogen and oxygen atoms in total. The number of rotatable bonds is 7. The van der Waals surface area contributed by atoms with E-state index < -0.39 is 0 Å². The van der Waals surface area contributed by atoms with E-state index in [0.29, 0.717) is 0 Å². The van der Waals surface area contributed by atoms with Crippen LogP contribution in [-0.2, 0) is 0 Å². The molecule has 216 valence electrons. The van der Waals surface area contributed by atoms with Gasteiger partial charge in [-0.3, -0.25) is 0 Å². The molecule has 1 heteroatoms. The molecule has 0 N–H and O–H groups in total. The van der Waals surface area contributed by atoms with Crippen molar-refractivity contribution in [3.05, 3.63) is 185 Å². The Hall–Kier alpha value is -5.66. The minimum atomic E-state index is 1.12. The van der Waals surface area contributed by atoms with E-state index in [-0.39, 0.29) is 0 Å². The summed E-state index contributed by atoms with van der Waals surface area (Å²) in [4.78, 5) is 2.30. The fourth-order valence-corrected chi connectivity index (χ4v) is 5.85. The molecule has 0 radical (unpaired) electrons. The van der Waals surface area contributed by atoms with Crippen molar-refractivity contribution in [2.45, 2.75) is 13.8 Å². The molecule has 0 aromatic heterocycles. The molecule has 0 saturated carbocycles. The SMILES string of the molecule is Cc1ccc2cc(/C=C/c3ccc(N(c4ccccc4)c4ccc(/C=C/c5ccc6cc(C)ccc6c5)cc4)cc3)ccc2c1. The molecule has 0 aliphatic rings. The summed E-state index contributed by atoms with van der Waals surface area (Å²) in [7, 11) is 0. The second-order valence-corrected chi connectivity index (χ2v) is 11.7. The van der Waals surface area contributed by atoms with Crippen molar-refractivity contribution < 1.29 is 0 Å². The number of fused-ring (bicyclic) bond motifs is 2. The van der Waals surface area contributed by atoms with E-state index in [9.17, 15) is 0 Å². The highest BCUT2D eigenvalue weighted by Crippen LogP contribution is 2.35. The highest BCUT2D eigenvalue weighted by molar-refractivity contribution is 5.88. The average molecular weight is 578 g/mol. The maximum absolute atomic E-state index is 2.30. The molecule has 0 saturated heterocycles. The smallest absolute Gasteiger partial charge is 0.0462 e. The number of nitrogens with zero attached hydrogens (tertiary/aromatic N) is 1. The minimum absolute atomic E-state index is 1.12. The van der Waals surface area contributed by atoms with Gasteiger partial charge in [-0.25, -0.2) is 0 Å². The predicted molar refractivity (Wildman–Crippen MR) is 196 cm³/mol. The Kier molecular flexibility index (Phi) is 7.83. The number of para-hydroxylation sites is 1. The summed E-state index contributed by atoms with van der Waals surface area (Å²) in [6.07, 6.45) is 8.75. The van der Waals surface area contributed by atoms with Gasteiger partial charge in [-0.2, -0.15) is 0 Å². The van der Waals surface area contributed by atoms with Crippen molar-refractivity contribution in [2.75, 3.05) is 4.90 Å². The lowest BCUT2D eigenvalue weighted by atomic mass is 10.0. The lowest BCUT2D eigenvalue weighted by Crippen LogP contribution is -2.09. The molecule has 0 bridgehead atoms. The van der Waals surface area contributed by atoms with Crippen molar-refractivity contribution in [1.29, 1.82) is 0 Å². The Labute approximate surface area is 266 Å². The lowest BCUT2D eigenvalue weighted by molar-refractivity contribution is 1.28. The van der Waals surface area contributed by atoms with Crippen molar-refractivity contribution >= 4 is 62.9 Å². The normalized spacial score (nSPS) is 11.6. The van der Waals surface area contributed by atoms with Crippen LogP contribution in [0.15, 0.2) is 152 Å². The summed E-state index contributed by atoms with van der Waals surface area (Å²) in [5, 5.41) is 5.09. The highest BCUT2D eigenvalue weighted by Gasteiger charge is 2.12. The minimum Gasteiger partial charge on any atom is -0.311 e. The first-order chi connectivity index (χ1) is 22.1. The predicted octanol–water partition coefficient (Wildman–Crippen LogP) is 12.4.